The SMILES string of the molecule is CCC(c1nc(C(F)(F)F)c(Br)c(=O)n1Cc1ccccc1)N(CC[N+](C)(C)[O-])C(=O)c1ccc(F)cc1. The molecule has 1 heterocycles. The van der Waals surface area contributed by atoms with Crippen LogP contribution in [0.5, 0.6) is 0 Å². The normalized spacial score (nSPS) is 12.9. The molecule has 0 fully saturated rings. The second-order valence-electron chi connectivity index (χ2n) is 9.23. The van der Waals surface area contributed by atoms with Crippen LogP contribution in [0.4, 0.5) is 17.6 Å². The van der Waals surface area contributed by atoms with Gasteiger partial charge in [0.1, 0.15) is 16.1 Å². The monoisotopic (exact) mass is 598 g/mol. The zero-order valence-electron chi connectivity index (χ0n) is 21.0. The third kappa shape index (κ3) is 7.06. The molecule has 2 aromatic carbocycles. The predicted molar refractivity (Wildman–Crippen MR) is 138 cm³/mol. The van der Waals surface area contributed by atoms with E-state index in [1.807, 2.05) is 0 Å². The Morgan fingerprint density at radius 3 is 2.26 bits per heavy atom. The number of amides is 1. The van der Waals surface area contributed by atoms with Gasteiger partial charge in [-0.3, -0.25) is 14.2 Å². The van der Waals surface area contributed by atoms with Crippen molar-refractivity contribution in [3.63, 3.8) is 0 Å². The Balaban J connectivity index is 2.24. The maximum atomic E-state index is 13.9. The summed E-state index contributed by atoms with van der Waals surface area (Å²) in [6.45, 7) is 1.30. The number of carbonyl (C=O) groups is 1. The van der Waals surface area contributed by atoms with E-state index in [1.54, 1.807) is 37.3 Å². The van der Waals surface area contributed by atoms with E-state index in [-0.39, 0.29) is 37.4 Å². The molecule has 0 N–H and O–H groups in total. The number of nitrogens with zero attached hydrogens (tertiary/aromatic N) is 4. The number of benzene rings is 2. The number of hydrogen-bond acceptors (Lipinski definition) is 4. The second kappa shape index (κ2) is 11.7. The third-order valence-electron chi connectivity index (χ3n) is 5.89. The van der Waals surface area contributed by atoms with Gasteiger partial charge in [-0.25, -0.2) is 9.37 Å². The molecule has 0 aliphatic heterocycles. The maximum Gasteiger partial charge on any atom is 0.434 e. The summed E-state index contributed by atoms with van der Waals surface area (Å²) in [5.41, 5.74) is -1.66. The van der Waals surface area contributed by atoms with Gasteiger partial charge in [0.2, 0.25) is 0 Å². The molecule has 1 amide bonds. The lowest BCUT2D eigenvalue weighted by molar-refractivity contribution is -0.839. The van der Waals surface area contributed by atoms with E-state index in [0.29, 0.717) is 5.56 Å². The van der Waals surface area contributed by atoms with E-state index in [1.165, 1.54) is 31.1 Å². The first kappa shape index (κ1) is 29.5. The molecule has 0 bridgehead atoms. The summed E-state index contributed by atoms with van der Waals surface area (Å²) >= 11 is 2.78. The Labute approximate surface area is 225 Å². The average Bonchev–Trinajstić information content (AvgIpc) is 2.84. The van der Waals surface area contributed by atoms with E-state index in [0.717, 1.165) is 16.7 Å². The number of likely N-dealkylation sites (N-methyl/N-ethyl adjacent to an activating group) is 1. The highest BCUT2D eigenvalue weighted by Gasteiger charge is 2.39. The highest BCUT2D eigenvalue weighted by molar-refractivity contribution is 9.10. The minimum atomic E-state index is -4.95. The number of hydroxylamine groups is 3. The summed E-state index contributed by atoms with van der Waals surface area (Å²) in [4.78, 5) is 32.0. The molecule has 0 saturated carbocycles. The number of carbonyl (C=O) groups excluding carboxylic acids is 1. The zero-order valence-corrected chi connectivity index (χ0v) is 22.6. The van der Waals surface area contributed by atoms with Gasteiger partial charge in [-0.2, -0.15) is 13.2 Å². The standard InChI is InChI=1S/C26H27BrF4N4O3/c1-4-20(33(14-15-35(2,3)38)24(36)18-10-12-19(28)13-11-18)23-32-22(26(29,30)31)21(27)25(37)34(23)16-17-8-6-5-7-9-17/h5-13,20H,4,14-16H2,1-3H3. The van der Waals surface area contributed by atoms with Gasteiger partial charge in [0.05, 0.1) is 39.8 Å². The highest BCUT2D eigenvalue weighted by atomic mass is 79.9. The predicted octanol–water partition coefficient (Wildman–Crippen LogP) is 5.38. The van der Waals surface area contributed by atoms with E-state index in [2.05, 4.69) is 20.9 Å². The van der Waals surface area contributed by atoms with Gasteiger partial charge < -0.3 is 14.8 Å². The number of hydrogen-bond donors (Lipinski definition) is 0. The van der Waals surface area contributed by atoms with Crippen LogP contribution < -0.4 is 5.56 Å². The Morgan fingerprint density at radius 2 is 1.74 bits per heavy atom. The summed E-state index contributed by atoms with van der Waals surface area (Å²) in [6, 6.07) is 12.2. The molecule has 12 heteroatoms. The highest BCUT2D eigenvalue weighted by Crippen LogP contribution is 2.34. The quantitative estimate of drug-likeness (QED) is 0.188. The van der Waals surface area contributed by atoms with Crippen molar-refractivity contribution in [1.82, 2.24) is 14.5 Å². The van der Waals surface area contributed by atoms with Crippen molar-refractivity contribution in [2.24, 2.45) is 0 Å². The molecular formula is C26H27BrF4N4O3. The van der Waals surface area contributed by atoms with Gasteiger partial charge in [-0.15, -0.1) is 0 Å². The van der Waals surface area contributed by atoms with E-state index in [9.17, 15) is 32.4 Å². The van der Waals surface area contributed by atoms with Gasteiger partial charge in [0.15, 0.2) is 5.69 Å². The fourth-order valence-corrected chi connectivity index (χ4v) is 4.48. The molecule has 38 heavy (non-hydrogen) atoms. The molecule has 204 valence electrons. The van der Waals surface area contributed by atoms with Crippen LogP contribution in [0.3, 0.4) is 0 Å². The van der Waals surface area contributed by atoms with Crippen molar-refractivity contribution >= 4 is 21.8 Å². The summed E-state index contributed by atoms with van der Waals surface area (Å²) < 4.78 is 54.8. The molecule has 0 aliphatic carbocycles. The van der Waals surface area contributed by atoms with Crippen molar-refractivity contribution < 1.29 is 27.0 Å². The van der Waals surface area contributed by atoms with Crippen LogP contribution in [-0.2, 0) is 12.7 Å². The van der Waals surface area contributed by atoms with E-state index < -0.39 is 44.3 Å². The van der Waals surface area contributed by atoms with Crippen LogP contribution in [0.2, 0.25) is 0 Å². The average molecular weight is 599 g/mol. The maximum absolute atomic E-state index is 13.9. The lowest BCUT2D eigenvalue weighted by Gasteiger charge is -2.38. The molecule has 3 rings (SSSR count). The van der Waals surface area contributed by atoms with Crippen LogP contribution in [0.15, 0.2) is 63.9 Å². The largest absolute Gasteiger partial charge is 0.633 e. The van der Waals surface area contributed by atoms with Gasteiger partial charge in [-0.1, -0.05) is 37.3 Å². The molecule has 3 aromatic rings. The number of alkyl halides is 3. The lowest BCUT2D eigenvalue weighted by Crippen LogP contribution is -2.46. The van der Waals surface area contributed by atoms with Crippen molar-refractivity contribution in [2.45, 2.75) is 32.1 Å². The molecule has 0 spiro atoms. The fourth-order valence-electron chi connectivity index (χ4n) is 3.96. The molecule has 0 aliphatic rings. The topological polar surface area (TPSA) is 78.3 Å². The first-order valence-electron chi connectivity index (χ1n) is 11.7. The van der Waals surface area contributed by atoms with Crippen LogP contribution in [0.1, 0.15) is 46.8 Å². The van der Waals surface area contributed by atoms with E-state index >= 15 is 0 Å². The minimum absolute atomic E-state index is 0.0752. The number of halogens is 5. The van der Waals surface area contributed by atoms with Gasteiger partial charge in [-0.05, 0) is 52.2 Å². The Bertz CT molecular complexity index is 1320. The molecule has 1 aromatic heterocycles. The van der Waals surface area contributed by atoms with Gasteiger partial charge in [0.25, 0.3) is 11.5 Å². The van der Waals surface area contributed by atoms with Crippen molar-refractivity contribution in [1.29, 1.82) is 0 Å². The smallest absolute Gasteiger partial charge is 0.434 e. The van der Waals surface area contributed by atoms with Crippen molar-refractivity contribution in [3.05, 3.63) is 103 Å². The van der Waals surface area contributed by atoms with Crippen LogP contribution in [-0.4, -0.2) is 52.2 Å². The van der Waals surface area contributed by atoms with Crippen LogP contribution in [0.25, 0.3) is 0 Å². The summed E-state index contributed by atoms with van der Waals surface area (Å²) in [7, 11) is 2.74. The lowest BCUT2D eigenvalue weighted by atomic mass is 10.1. The molecule has 0 saturated heterocycles. The third-order valence-corrected chi connectivity index (χ3v) is 6.60. The number of quaternary nitrogens is 1. The Hall–Kier alpha value is -3.09. The summed E-state index contributed by atoms with van der Waals surface area (Å²) in [5.74, 6) is -1.48. The number of rotatable bonds is 9. The van der Waals surface area contributed by atoms with E-state index in [4.69, 9.17) is 0 Å². The second-order valence-corrected chi connectivity index (χ2v) is 10.0. The number of aromatic nitrogens is 2. The van der Waals surface area contributed by atoms with Gasteiger partial charge in [0, 0.05) is 5.56 Å². The van der Waals surface area contributed by atoms with Crippen molar-refractivity contribution in [3.8, 4) is 0 Å². The first-order chi connectivity index (χ1) is 17.7. The summed E-state index contributed by atoms with van der Waals surface area (Å²) in [6.07, 6.45) is -4.87. The molecule has 1 unspecified atom stereocenters. The Morgan fingerprint density at radius 1 is 1.13 bits per heavy atom. The van der Waals surface area contributed by atoms with Crippen LogP contribution >= 0.6 is 15.9 Å². The molecule has 1 atom stereocenters. The Kier molecular flexibility index (Phi) is 9.11. The first-order valence-corrected chi connectivity index (χ1v) is 12.5. The minimum Gasteiger partial charge on any atom is -0.633 e. The molecule has 0 radical (unpaired) electrons. The zero-order chi connectivity index (χ0) is 28.3. The fraction of sp³-hybridized carbons (Fsp3) is 0.346. The summed E-state index contributed by atoms with van der Waals surface area (Å²) in [5, 5.41) is 12.4. The molecule has 7 nitrogen and oxygen atoms in total. The molecular weight excluding hydrogens is 572 g/mol. The van der Waals surface area contributed by atoms with Gasteiger partial charge >= 0.3 is 6.18 Å². The van der Waals surface area contributed by atoms with Crippen LogP contribution in [0, 0.1) is 11.0 Å². The van der Waals surface area contributed by atoms with Crippen molar-refractivity contribution in [2.75, 3.05) is 27.2 Å².